The molecule has 0 fully saturated rings. The Labute approximate surface area is 94.8 Å². The molecule has 0 spiro atoms. The second-order valence-electron chi connectivity index (χ2n) is 3.60. The van der Waals surface area contributed by atoms with Crippen LogP contribution in [-0.2, 0) is 0 Å². The van der Waals surface area contributed by atoms with E-state index < -0.39 is 0 Å². The Hall–Kier alpha value is -1.84. The predicted octanol–water partition coefficient (Wildman–Crippen LogP) is 1.94. The van der Waals surface area contributed by atoms with Crippen LogP contribution in [-0.4, -0.2) is 18.2 Å². The van der Waals surface area contributed by atoms with E-state index in [2.05, 4.69) is 10.2 Å². The van der Waals surface area contributed by atoms with Crippen LogP contribution in [0.4, 0.5) is 0 Å². The first kappa shape index (κ1) is 10.7. The lowest BCUT2D eigenvalue weighted by molar-refractivity contribution is 0.340. The quantitative estimate of drug-likeness (QED) is 0.841. The van der Waals surface area contributed by atoms with E-state index in [9.17, 15) is 0 Å². The van der Waals surface area contributed by atoms with Gasteiger partial charge in [0.15, 0.2) is 0 Å². The summed E-state index contributed by atoms with van der Waals surface area (Å²) >= 11 is 0. The van der Waals surface area contributed by atoms with Gasteiger partial charge < -0.3 is 10.5 Å². The van der Waals surface area contributed by atoms with Crippen molar-refractivity contribution in [2.45, 2.75) is 19.8 Å². The second-order valence-corrected chi connectivity index (χ2v) is 3.60. The summed E-state index contributed by atoms with van der Waals surface area (Å²) in [5.41, 5.74) is 7.63. The summed E-state index contributed by atoms with van der Waals surface area (Å²) in [4.78, 5) is 0. The van der Waals surface area contributed by atoms with Gasteiger partial charge in [0, 0.05) is 6.42 Å². The summed E-state index contributed by atoms with van der Waals surface area (Å²) in [6.07, 6.45) is 1.63. The number of hydrogen-bond acceptors (Lipinski definition) is 4. The molecular formula is C12H15N3O. The number of nitrogens with two attached hydrogens (primary N) is 1. The lowest BCUT2D eigenvalue weighted by Crippen LogP contribution is -2.17. The van der Waals surface area contributed by atoms with Gasteiger partial charge in [-0.05, 0) is 43.2 Å². The van der Waals surface area contributed by atoms with Gasteiger partial charge in [0.25, 0.3) is 0 Å². The summed E-state index contributed by atoms with van der Waals surface area (Å²) in [6.45, 7) is 2.65. The van der Waals surface area contributed by atoms with Crippen LogP contribution in [0.2, 0.25) is 0 Å². The maximum absolute atomic E-state index is 5.56. The van der Waals surface area contributed by atoms with Gasteiger partial charge in [-0.15, -0.1) is 5.10 Å². The van der Waals surface area contributed by atoms with Crippen LogP contribution in [0.25, 0.3) is 0 Å². The van der Waals surface area contributed by atoms with Gasteiger partial charge in [-0.1, -0.05) is 0 Å². The number of amidine groups is 1. The second kappa shape index (κ2) is 4.79. The largest absolute Gasteiger partial charge is 0.494 e. The number of hydrogen-bond donors (Lipinski definition) is 1. The molecule has 0 saturated heterocycles. The molecule has 0 atom stereocenters. The fraction of sp³-hybridized carbons (Fsp3) is 0.333. The molecule has 0 aromatic heterocycles. The van der Waals surface area contributed by atoms with Gasteiger partial charge in [-0.2, -0.15) is 5.10 Å². The van der Waals surface area contributed by atoms with Crippen LogP contribution in [0.15, 0.2) is 34.5 Å². The Morgan fingerprint density at radius 3 is 2.50 bits per heavy atom. The molecule has 0 amide bonds. The number of nitrogens with zero attached hydrogens (tertiary/aromatic N) is 2. The average Bonchev–Trinajstić information content (AvgIpc) is 2.32. The van der Waals surface area contributed by atoms with Crippen molar-refractivity contribution in [3.05, 3.63) is 29.8 Å². The third-order valence-corrected chi connectivity index (χ3v) is 2.42. The van der Waals surface area contributed by atoms with Crippen molar-refractivity contribution in [1.29, 1.82) is 0 Å². The van der Waals surface area contributed by atoms with E-state index in [1.54, 1.807) is 0 Å². The maximum atomic E-state index is 5.56. The number of ether oxygens (including phenoxy) is 1. The summed E-state index contributed by atoms with van der Waals surface area (Å²) in [5, 5.41) is 7.99. The van der Waals surface area contributed by atoms with E-state index in [-0.39, 0.29) is 0 Å². The fourth-order valence-corrected chi connectivity index (χ4v) is 1.58. The molecule has 0 bridgehead atoms. The van der Waals surface area contributed by atoms with Gasteiger partial charge in [0.05, 0.1) is 12.3 Å². The zero-order valence-electron chi connectivity index (χ0n) is 9.31. The van der Waals surface area contributed by atoms with E-state index in [1.165, 1.54) is 0 Å². The van der Waals surface area contributed by atoms with Crippen molar-refractivity contribution in [2.75, 3.05) is 6.61 Å². The van der Waals surface area contributed by atoms with E-state index in [0.29, 0.717) is 12.4 Å². The van der Waals surface area contributed by atoms with Crippen molar-refractivity contribution in [1.82, 2.24) is 0 Å². The molecule has 16 heavy (non-hydrogen) atoms. The first-order valence-corrected chi connectivity index (χ1v) is 5.41. The summed E-state index contributed by atoms with van der Waals surface area (Å²) in [6, 6.07) is 7.90. The fourth-order valence-electron chi connectivity index (χ4n) is 1.58. The molecule has 0 unspecified atom stereocenters. The highest BCUT2D eigenvalue weighted by molar-refractivity contribution is 6.04. The Balaban J connectivity index is 2.16. The van der Waals surface area contributed by atoms with Crippen LogP contribution in [0.1, 0.15) is 25.3 Å². The smallest absolute Gasteiger partial charge is 0.122 e. The minimum absolute atomic E-state index is 0.606. The molecule has 1 aromatic rings. The number of benzene rings is 1. The van der Waals surface area contributed by atoms with Crippen molar-refractivity contribution in [3.63, 3.8) is 0 Å². The van der Waals surface area contributed by atoms with E-state index in [0.717, 1.165) is 29.9 Å². The minimum atomic E-state index is 0.606. The topological polar surface area (TPSA) is 60.0 Å². The molecule has 1 aliphatic rings. The molecule has 1 heterocycles. The third-order valence-electron chi connectivity index (χ3n) is 2.42. The van der Waals surface area contributed by atoms with Gasteiger partial charge in [-0.3, -0.25) is 0 Å². The highest BCUT2D eigenvalue weighted by atomic mass is 16.5. The predicted molar refractivity (Wildman–Crippen MR) is 65.0 cm³/mol. The van der Waals surface area contributed by atoms with Crippen LogP contribution < -0.4 is 10.5 Å². The average molecular weight is 217 g/mol. The summed E-state index contributed by atoms with van der Waals surface area (Å²) in [7, 11) is 0. The Morgan fingerprint density at radius 1 is 1.19 bits per heavy atom. The zero-order valence-corrected chi connectivity index (χ0v) is 9.31. The Kier molecular flexibility index (Phi) is 3.19. The van der Waals surface area contributed by atoms with E-state index in [4.69, 9.17) is 10.5 Å². The van der Waals surface area contributed by atoms with E-state index >= 15 is 0 Å². The molecular weight excluding hydrogens is 202 g/mol. The molecule has 4 nitrogen and oxygen atoms in total. The van der Waals surface area contributed by atoms with Crippen LogP contribution in [0.3, 0.4) is 0 Å². The minimum Gasteiger partial charge on any atom is -0.494 e. The van der Waals surface area contributed by atoms with Crippen molar-refractivity contribution >= 4 is 11.5 Å². The third kappa shape index (κ3) is 2.39. The Bertz CT molecular complexity index is 420. The first-order valence-electron chi connectivity index (χ1n) is 5.41. The van der Waals surface area contributed by atoms with Crippen LogP contribution >= 0.6 is 0 Å². The van der Waals surface area contributed by atoms with Gasteiger partial charge in [0.2, 0.25) is 0 Å². The van der Waals surface area contributed by atoms with Crippen LogP contribution in [0.5, 0.6) is 5.75 Å². The maximum Gasteiger partial charge on any atom is 0.122 e. The molecule has 0 saturated carbocycles. The summed E-state index contributed by atoms with van der Waals surface area (Å²) < 4.78 is 5.38. The van der Waals surface area contributed by atoms with Gasteiger partial charge >= 0.3 is 0 Å². The zero-order chi connectivity index (χ0) is 11.4. The highest BCUT2D eigenvalue weighted by Crippen LogP contribution is 2.16. The molecule has 1 aromatic carbocycles. The lowest BCUT2D eigenvalue weighted by atomic mass is 10.0. The van der Waals surface area contributed by atoms with Crippen molar-refractivity contribution in [3.8, 4) is 5.75 Å². The van der Waals surface area contributed by atoms with Gasteiger partial charge in [0.1, 0.15) is 11.6 Å². The van der Waals surface area contributed by atoms with Gasteiger partial charge in [-0.25, -0.2) is 0 Å². The summed E-state index contributed by atoms with van der Waals surface area (Å²) in [5.74, 6) is 1.49. The highest BCUT2D eigenvalue weighted by Gasteiger charge is 2.09. The molecule has 2 rings (SSSR count). The lowest BCUT2D eigenvalue weighted by Gasteiger charge is -2.10. The molecule has 1 aliphatic heterocycles. The normalized spacial score (nSPS) is 15.3. The molecule has 0 aliphatic carbocycles. The molecule has 2 N–H and O–H groups in total. The van der Waals surface area contributed by atoms with Crippen LogP contribution in [0, 0.1) is 0 Å². The van der Waals surface area contributed by atoms with E-state index in [1.807, 2.05) is 31.2 Å². The molecule has 84 valence electrons. The Morgan fingerprint density at radius 2 is 1.94 bits per heavy atom. The SMILES string of the molecule is CCOc1ccc(C2=NN=C(N)CC2)cc1. The number of rotatable bonds is 3. The first-order chi connectivity index (χ1) is 7.79. The standard InChI is InChI=1S/C12H15N3O/c1-2-16-10-5-3-9(4-6-10)11-7-8-12(13)15-14-11/h3-6H,2,7-8H2,1H3,(H2,13,15). The van der Waals surface area contributed by atoms with Crippen molar-refractivity contribution in [2.24, 2.45) is 15.9 Å². The molecule has 0 radical (unpaired) electrons. The monoisotopic (exact) mass is 217 g/mol. The van der Waals surface area contributed by atoms with Crippen molar-refractivity contribution < 1.29 is 4.74 Å². The molecule has 4 heteroatoms.